The molecule has 1 saturated carbocycles. The largest absolute Gasteiger partial charge is 0.388 e. The lowest BCUT2D eigenvalue weighted by atomic mass is 9.68. The molecule has 2 fully saturated rings. The van der Waals surface area contributed by atoms with E-state index in [-0.39, 0.29) is 5.41 Å². The summed E-state index contributed by atoms with van der Waals surface area (Å²) < 4.78 is 0. The van der Waals surface area contributed by atoms with Crippen LogP contribution < -0.4 is 11.1 Å². The van der Waals surface area contributed by atoms with E-state index in [1.54, 1.807) is 6.92 Å². The fourth-order valence-electron chi connectivity index (χ4n) is 4.59. The Morgan fingerprint density at radius 1 is 1.21 bits per heavy atom. The Morgan fingerprint density at radius 2 is 1.86 bits per heavy atom. The number of aldehydes is 1. The van der Waals surface area contributed by atoms with E-state index < -0.39 is 0 Å². The molecule has 1 saturated heterocycles. The summed E-state index contributed by atoms with van der Waals surface area (Å²) in [6.45, 7) is 6.17. The molecule has 1 aromatic carbocycles. The molecule has 1 aromatic rings. The highest BCUT2D eigenvalue weighted by Crippen LogP contribution is 2.42. The summed E-state index contributed by atoms with van der Waals surface area (Å²) in [7, 11) is 1.95. The van der Waals surface area contributed by atoms with Crippen LogP contribution in [0.25, 0.3) is 0 Å². The van der Waals surface area contributed by atoms with Gasteiger partial charge in [0.25, 0.3) is 0 Å². The van der Waals surface area contributed by atoms with Crippen molar-refractivity contribution in [3.63, 3.8) is 0 Å². The molecule has 3 N–H and O–H groups in total. The first-order valence-corrected chi connectivity index (χ1v) is 10.7. The van der Waals surface area contributed by atoms with Crippen molar-refractivity contribution in [2.75, 3.05) is 25.5 Å². The van der Waals surface area contributed by atoms with Crippen LogP contribution in [0.4, 0.5) is 5.69 Å². The summed E-state index contributed by atoms with van der Waals surface area (Å²) >= 11 is 0. The van der Waals surface area contributed by atoms with E-state index in [0.717, 1.165) is 31.4 Å². The van der Waals surface area contributed by atoms with Crippen molar-refractivity contribution in [3.8, 4) is 0 Å². The van der Waals surface area contributed by atoms with Crippen LogP contribution in [-0.2, 0) is 15.0 Å². The Hall–Kier alpha value is -2.21. The molecular weight excluding hydrogens is 364 g/mol. The Kier molecular flexibility index (Phi) is 8.83. The molecule has 0 aromatic heterocycles. The summed E-state index contributed by atoms with van der Waals surface area (Å²) in [5.74, 6) is 0.296. The molecule has 0 bridgehead atoms. The van der Waals surface area contributed by atoms with E-state index >= 15 is 0 Å². The van der Waals surface area contributed by atoms with E-state index in [1.165, 1.54) is 49.8 Å². The number of hydrogen-bond donors (Lipinski definition) is 2. The predicted octanol–water partition coefficient (Wildman–Crippen LogP) is 3.42. The lowest BCUT2D eigenvalue weighted by molar-refractivity contribution is -0.114. The number of nitrogens with zero attached hydrogens (tertiary/aromatic N) is 2. The maximum absolute atomic E-state index is 12.1. The highest BCUT2D eigenvalue weighted by atomic mass is 16.1. The number of likely N-dealkylation sites (tertiary alicyclic amines) is 1. The number of amides is 1. The van der Waals surface area contributed by atoms with Gasteiger partial charge in [0.1, 0.15) is 6.29 Å². The predicted molar refractivity (Wildman–Crippen MR) is 120 cm³/mol. The third-order valence-corrected chi connectivity index (χ3v) is 6.22. The number of carbonyl (C=O) groups excluding carboxylic acids is 2. The fraction of sp³-hybridized carbons (Fsp3) is 0.609. The molecule has 3 rings (SSSR count). The maximum atomic E-state index is 12.1. The first-order valence-electron chi connectivity index (χ1n) is 10.7. The topological polar surface area (TPSA) is 87.8 Å². The van der Waals surface area contributed by atoms with Crippen molar-refractivity contribution in [3.05, 3.63) is 29.3 Å². The van der Waals surface area contributed by atoms with Crippen LogP contribution in [0.2, 0.25) is 0 Å². The van der Waals surface area contributed by atoms with Gasteiger partial charge in [-0.05, 0) is 77.1 Å². The van der Waals surface area contributed by atoms with Crippen LogP contribution in [0.1, 0.15) is 63.0 Å². The molecule has 1 heterocycles. The Bertz CT molecular complexity index is 699. The number of nitrogens with two attached hydrogens (primary N) is 1. The van der Waals surface area contributed by atoms with E-state index in [2.05, 4.69) is 40.3 Å². The van der Waals surface area contributed by atoms with Crippen molar-refractivity contribution >= 4 is 24.2 Å². The Labute approximate surface area is 174 Å². The number of piperidine rings is 1. The monoisotopic (exact) mass is 400 g/mol. The summed E-state index contributed by atoms with van der Waals surface area (Å²) in [6, 6.07) is 7.13. The summed E-state index contributed by atoms with van der Waals surface area (Å²) in [4.78, 5) is 27.3. The number of carbonyl (C=O) groups is 2. The molecule has 6 heteroatoms. The van der Waals surface area contributed by atoms with Gasteiger partial charge in [0.15, 0.2) is 0 Å². The Morgan fingerprint density at radius 3 is 2.34 bits per heavy atom. The second-order valence-corrected chi connectivity index (χ2v) is 8.28. The number of amidine groups is 1. The van der Waals surface area contributed by atoms with Crippen LogP contribution in [0.5, 0.6) is 0 Å². The number of rotatable bonds is 5. The Balaban J connectivity index is 0.000000438. The average Bonchev–Trinajstić information content (AvgIpc) is 2.75. The molecule has 0 spiro atoms. The fourth-order valence-corrected chi connectivity index (χ4v) is 4.59. The van der Waals surface area contributed by atoms with Crippen molar-refractivity contribution in [1.82, 2.24) is 4.90 Å². The third kappa shape index (κ3) is 6.13. The van der Waals surface area contributed by atoms with Gasteiger partial charge in [-0.25, -0.2) is 4.99 Å². The molecular formula is C23H36N4O2. The zero-order valence-corrected chi connectivity index (χ0v) is 18.1. The number of hydrogen-bond acceptors (Lipinski definition) is 4. The average molecular weight is 401 g/mol. The van der Waals surface area contributed by atoms with Gasteiger partial charge >= 0.3 is 0 Å². The first kappa shape index (κ1) is 23.1. The van der Waals surface area contributed by atoms with Crippen LogP contribution >= 0.6 is 0 Å². The lowest BCUT2D eigenvalue weighted by Crippen LogP contribution is -2.45. The number of benzene rings is 1. The van der Waals surface area contributed by atoms with Crippen molar-refractivity contribution in [2.45, 2.75) is 70.3 Å². The quantitative estimate of drug-likeness (QED) is 0.449. The highest BCUT2D eigenvalue weighted by Gasteiger charge is 2.39. The summed E-state index contributed by atoms with van der Waals surface area (Å²) in [5.41, 5.74) is 8.17. The van der Waals surface area contributed by atoms with Gasteiger partial charge in [0.2, 0.25) is 6.41 Å². The first-order chi connectivity index (χ1) is 14.0. The van der Waals surface area contributed by atoms with E-state index in [4.69, 9.17) is 5.73 Å². The maximum Gasteiger partial charge on any atom is 0.234 e. The molecule has 2 aliphatic rings. The normalized spacial score (nSPS) is 25.5. The number of aliphatic imine (C=N–C) groups is 1. The number of aryl methyl sites for hydroxylation is 1. The van der Waals surface area contributed by atoms with Gasteiger partial charge in [-0.3, -0.25) is 4.79 Å². The van der Waals surface area contributed by atoms with E-state index in [1.807, 2.05) is 7.05 Å². The van der Waals surface area contributed by atoms with Crippen LogP contribution in [0.3, 0.4) is 0 Å². The molecule has 0 unspecified atom stereocenters. The second-order valence-electron chi connectivity index (χ2n) is 8.28. The minimum absolute atomic E-state index is 0.295. The minimum atomic E-state index is -0.295. The lowest BCUT2D eigenvalue weighted by Gasteiger charge is -2.43. The van der Waals surface area contributed by atoms with Crippen molar-refractivity contribution in [1.29, 1.82) is 0 Å². The highest BCUT2D eigenvalue weighted by molar-refractivity contribution is 5.83. The van der Waals surface area contributed by atoms with Gasteiger partial charge in [-0.2, -0.15) is 0 Å². The molecule has 1 amide bonds. The van der Waals surface area contributed by atoms with Crippen LogP contribution in [0.15, 0.2) is 23.2 Å². The van der Waals surface area contributed by atoms with Gasteiger partial charge in [-0.1, -0.05) is 24.1 Å². The van der Waals surface area contributed by atoms with Gasteiger partial charge < -0.3 is 20.7 Å². The molecule has 1 aliphatic carbocycles. The smallest absolute Gasteiger partial charge is 0.234 e. The van der Waals surface area contributed by atoms with Gasteiger partial charge in [0, 0.05) is 18.8 Å². The summed E-state index contributed by atoms with van der Waals surface area (Å²) in [6.07, 6.45) is 9.98. The van der Waals surface area contributed by atoms with Crippen molar-refractivity contribution in [2.24, 2.45) is 10.7 Å². The molecule has 6 nitrogen and oxygen atoms in total. The molecule has 160 valence electrons. The second kappa shape index (κ2) is 11.1. The van der Waals surface area contributed by atoms with E-state index in [9.17, 15) is 9.59 Å². The zero-order chi connectivity index (χ0) is 21.3. The summed E-state index contributed by atoms with van der Waals surface area (Å²) in [5, 5.41) is 3.28. The number of anilines is 1. The number of nitrogens with one attached hydrogen (secondary N) is 1. The van der Waals surface area contributed by atoms with Gasteiger partial charge in [0.05, 0.1) is 11.3 Å². The third-order valence-electron chi connectivity index (χ3n) is 6.22. The minimum Gasteiger partial charge on any atom is -0.388 e. The van der Waals surface area contributed by atoms with Gasteiger partial charge in [-0.15, -0.1) is 0 Å². The molecule has 0 atom stereocenters. The zero-order valence-electron chi connectivity index (χ0n) is 18.1. The standard InChI is InChI=1S/C20H30N2O.C3H6N2O/c1-16-6-7-19(21-2)18(14-16)20(15-23)10-8-17(9-11-20)22-12-4-3-5-13-22;1-3(4)5-2-6/h6-7,14-15,17,21H,3-5,8-13H2,1-2H3;2H,1H3,(H2,4,5,6). The molecule has 0 radical (unpaired) electrons. The van der Waals surface area contributed by atoms with E-state index in [0.29, 0.717) is 18.3 Å². The van der Waals surface area contributed by atoms with Crippen molar-refractivity contribution < 1.29 is 9.59 Å². The SMILES string of the molecule is CC(N)=NC=O.CNc1ccc(C)cc1C1(C=O)CCC(N2CCCCC2)CC1. The molecule has 29 heavy (non-hydrogen) atoms. The molecule has 1 aliphatic heterocycles. The van der Waals surface area contributed by atoms with Crippen LogP contribution in [0, 0.1) is 6.92 Å². The van der Waals surface area contributed by atoms with Crippen LogP contribution in [-0.4, -0.2) is 49.6 Å².